The van der Waals surface area contributed by atoms with E-state index < -0.39 is 0 Å². The molecule has 0 unspecified atom stereocenters. The largest absolute Gasteiger partial charge is 0.486 e. The Morgan fingerprint density at radius 1 is 1.25 bits per heavy atom. The van der Waals surface area contributed by atoms with Crippen molar-refractivity contribution in [3.05, 3.63) is 23.8 Å². The summed E-state index contributed by atoms with van der Waals surface area (Å²) in [6.45, 7) is 5.67. The maximum absolute atomic E-state index is 12.8. The fourth-order valence-electron chi connectivity index (χ4n) is 2.84. The van der Waals surface area contributed by atoms with E-state index in [-0.39, 0.29) is 11.9 Å². The highest BCUT2D eigenvalue weighted by Crippen LogP contribution is 2.34. The Labute approximate surface area is 119 Å². The molecule has 2 aliphatic rings. The Bertz CT molecular complexity index is 518. The molecule has 108 valence electrons. The molecule has 1 atom stereocenters. The number of amides is 1. The Balaban J connectivity index is 1.87. The van der Waals surface area contributed by atoms with Gasteiger partial charge < -0.3 is 19.3 Å². The number of piperazine rings is 1. The summed E-state index contributed by atoms with van der Waals surface area (Å²) in [4.78, 5) is 16.9. The van der Waals surface area contributed by atoms with Crippen LogP contribution in [0.15, 0.2) is 18.2 Å². The number of rotatable bonds is 1. The van der Waals surface area contributed by atoms with Gasteiger partial charge in [0.1, 0.15) is 13.2 Å². The van der Waals surface area contributed by atoms with Gasteiger partial charge in [0.15, 0.2) is 11.5 Å². The first-order valence-corrected chi connectivity index (χ1v) is 7.05. The third-order valence-corrected chi connectivity index (χ3v) is 3.89. The zero-order valence-electron chi connectivity index (χ0n) is 12.0. The molecule has 1 fully saturated rings. The van der Waals surface area contributed by atoms with E-state index in [0.717, 1.165) is 19.6 Å². The third-order valence-electron chi connectivity index (χ3n) is 3.89. The summed E-state index contributed by atoms with van der Waals surface area (Å²) in [6.07, 6.45) is 0. The van der Waals surface area contributed by atoms with E-state index in [2.05, 4.69) is 18.9 Å². The van der Waals surface area contributed by atoms with Crippen molar-refractivity contribution in [2.45, 2.75) is 13.0 Å². The maximum Gasteiger partial charge on any atom is 0.258 e. The fraction of sp³-hybridized carbons (Fsp3) is 0.533. The number of benzene rings is 1. The van der Waals surface area contributed by atoms with Crippen LogP contribution >= 0.6 is 0 Å². The monoisotopic (exact) mass is 276 g/mol. The quantitative estimate of drug-likeness (QED) is 0.774. The van der Waals surface area contributed by atoms with Crippen LogP contribution in [0.4, 0.5) is 0 Å². The minimum absolute atomic E-state index is 0.0351. The number of nitrogens with zero attached hydrogens (tertiary/aromatic N) is 2. The van der Waals surface area contributed by atoms with Gasteiger partial charge in [-0.25, -0.2) is 0 Å². The zero-order valence-corrected chi connectivity index (χ0v) is 12.0. The number of likely N-dealkylation sites (N-methyl/N-ethyl adjacent to an activating group) is 1. The first kappa shape index (κ1) is 13.2. The number of carbonyl (C=O) groups is 1. The molecule has 1 amide bonds. The van der Waals surface area contributed by atoms with Crippen molar-refractivity contribution < 1.29 is 14.3 Å². The molecular formula is C15H20N2O3. The summed E-state index contributed by atoms with van der Waals surface area (Å²) < 4.78 is 11.2. The average Bonchev–Trinajstić information content (AvgIpc) is 2.46. The number of fused-ring (bicyclic) bond motifs is 1. The molecule has 5 heteroatoms. The normalized spacial score (nSPS) is 22.7. The molecule has 0 bridgehead atoms. The van der Waals surface area contributed by atoms with Gasteiger partial charge in [-0.1, -0.05) is 6.07 Å². The summed E-state index contributed by atoms with van der Waals surface area (Å²) in [7, 11) is 2.08. The molecule has 0 aromatic heterocycles. The van der Waals surface area contributed by atoms with Crippen LogP contribution in [0.2, 0.25) is 0 Å². The van der Waals surface area contributed by atoms with Crippen LogP contribution in [-0.2, 0) is 0 Å². The van der Waals surface area contributed by atoms with Crippen molar-refractivity contribution in [2.24, 2.45) is 0 Å². The highest BCUT2D eigenvalue weighted by Gasteiger charge is 2.29. The van der Waals surface area contributed by atoms with Crippen LogP contribution in [-0.4, -0.2) is 61.6 Å². The topological polar surface area (TPSA) is 42.0 Å². The summed E-state index contributed by atoms with van der Waals surface area (Å²) in [5.41, 5.74) is 0.610. The van der Waals surface area contributed by atoms with Gasteiger partial charge in [0.05, 0.1) is 5.56 Å². The van der Waals surface area contributed by atoms with Gasteiger partial charge in [0.25, 0.3) is 5.91 Å². The lowest BCUT2D eigenvalue weighted by atomic mass is 10.1. The first-order chi connectivity index (χ1) is 9.66. The number of hydrogen-bond donors (Lipinski definition) is 0. The molecule has 1 aromatic rings. The molecule has 0 N–H and O–H groups in total. The Morgan fingerprint density at radius 3 is 2.85 bits per heavy atom. The maximum atomic E-state index is 12.8. The predicted octanol–water partition coefficient (Wildman–Crippen LogP) is 1.23. The lowest BCUT2D eigenvalue weighted by Gasteiger charge is -2.38. The zero-order chi connectivity index (χ0) is 14.1. The van der Waals surface area contributed by atoms with Gasteiger partial charge in [-0.05, 0) is 26.1 Å². The number of ether oxygens (including phenoxy) is 2. The van der Waals surface area contributed by atoms with Crippen LogP contribution in [0, 0.1) is 0 Å². The molecule has 0 spiro atoms. The van der Waals surface area contributed by atoms with Crippen LogP contribution in [0.25, 0.3) is 0 Å². The van der Waals surface area contributed by atoms with Gasteiger partial charge in [-0.2, -0.15) is 0 Å². The van der Waals surface area contributed by atoms with E-state index in [1.165, 1.54) is 0 Å². The van der Waals surface area contributed by atoms with E-state index in [9.17, 15) is 4.79 Å². The van der Waals surface area contributed by atoms with Crippen LogP contribution in [0.1, 0.15) is 17.3 Å². The summed E-state index contributed by atoms with van der Waals surface area (Å²) in [6, 6.07) is 5.72. The molecule has 1 aromatic carbocycles. The van der Waals surface area contributed by atoms with Crippen LogP contribution < -0.4 is 9.47 Å². The van der Waals surface area contributed by atoms with E-state index in [1.807, 2.05) is 23.1 Å². The Kier molecular flexibility index (Phi) is 3.53. The lowest BCUT2D eigenvalue weighted by Crippen LogP contribution is -2.52. The molecule has 20 heavy (non-hydrogen) atoms. The van der Waals surface area contributed by atoms with Crippen molar-refractivity contribution in [3.8, 4) is 11.5 Å². The molecular weight excluding hydrogens is 256 g/mol. The highest BCUT2D eigenvalue weighted by molar-refractivity contribution is 5.98. The molecule has 1 saturated heterocycles. The summed E-state index contributed by atoms with van der Waals surface area (Å²) in [5, 5.41) is 0. The van der Waals surface area contributed by atoms with Crippen LogP contribution in [0.5, 0.6) is 11.5 Å². The third kappa shape index (κ3) is 2.33. The molecule has 2 heterocycles. The minimum Gasteiger partial charge on any atom is -0.486 e. The second-order valence-corrected chi connectivity index (χ2v) is 5.44. The first-order valence-electron chi connectivity index (χ1n) is 7.05. The Morgan fingerprint density at radius 2 is 2.05 bits per heavy atom. The smallest absolute Gasteiger partial charge is 0.258 e. The van der Waals surface area contributed by atoms with Gasteiger partial charge in [0, 0.05) is 25.7 Å². The second kappa shape index (κ2) is 5.32. The Hall–Kier alpha value is -1.75. The predicted molar refractivity (Wildman–Crippen MR) is 75.4 cm³/mol. The molecule has 2 aliphatic heterocycles. The standard InChI is InChI=1S/C15H20N2O3/c1-11-10-16(2)6-7-17(11)15(18)12-4-3-5-13-14(12)20-9-8-19-13/h3-5,11H,6-10H2,1-2H3/t11-/m0/s1. The minimum atomic E-state index is 0.0351. The van der Waals surface area contributed by atoms with Crippen LogP contribution in [0.3, 0.4) is 0 Å². The average molecular weight is 276 g/mol. The lowest BCUT2D eigenvalue weighted by molar-refractivity contribution is 0.0525. The summed E-state index contributed by atoms with van der Waals surface area (Å²) >= 11 is 0. The van der Waals surface area contributed by atoms with Gasteiger partial charge in [-0.3, -0.25) is 4.79 Å². The molecule has 0 radical (unpaired) electrons. The second-order valence-electron chi connectivity index (χ2n) is 5.44. The fourth-order valence-corrected chi connectivity index (χ4v) is 2.84. The van der Waals surface area contributed by atoms with Crippen molar-refractivity contribution >= 4 is 5.91 Å². The SMILES string of the molecule is C[C@H]1CN(C)CCN1C(=O)c1cccc2c1OCCO2. The molecule has 3 rings (SSSR count). The molecule has 0 aliphatic carbocycles. The van der Waals surface area contributed by atoms with Crippen molar-refractivity contribution in [2.75, 3.05) is 39.9 Å². The van der Waals surface area contributed by atoms with E-state index >= 15 is 0 Å². The van der Waals surface area contributed by atoms with Crippen molar-refractivity contribution in [1.82, 2.24) is 9.80 Å². The molecule has 0 saturated carbocycles. The van der Waals surface area contributed by atoms with Crippen molar-refractivity contribution in [1.29, 1.82) is 0 Å². The highest BCUT2D eigenvalue weighted by atomic mass is 16.6. The summed E-state index contributed by atoms with van der Waals surface area (Å²) in [5.74, 6) is 1.30. The van der Waals surface area contributed by atoms with E-state index in [1.54, 1.807) is 0 Å². The van der Waals surface area contributed by atoms with Gasteiger partial charge in [-0.15, -0.1) is 0 Å². The van der Waals surface area contributed by atoms with Crippen molar-refractivity contribution in [3.63, 3.8) is 0 Å². The number of hydrogen-bond acceptors (Lipinski definition) is 4. The van der Waals surface area contributed by atoms with Gasteiger partial charge >= 0.3 is 0 Å². The van der Waals surface area contributed by atoms with Gasteiger partial charge in [0.2, 0.25) is 0 Å². The van der Waals surface area contributed by atoms with E-state index in [4.69, 9.17) is 9.47 Å². The number of carbonyl (C=O) groups excluding carboxylic acids is 1. The van der Waals surface area contributed by atoms with E-state index in [0.29, 0.717) is 30.3 Å². The number of para-hydroxylation sites is 1. The molecule has 5 nitrogen and oxygen atoms in total.